The molecule has 9 nitrogen and oxygen atoms in total. The highest BCUT2D eigenvalue weighted by atomic mass is 16.5. The highest BCUT2D eigenvalue weighted by Crippen LogP contribution is 2.16. The number of rotatable bonds is 8. The predicted molar refractivity (Wildman–Crippen MR) is 103 cm³/mol. The number of nitrogens with zero attached hydrogens (tertiary/aromatic N) is 2. The molecule has 3 N–H and O–H groups in total. The molecule has 0 aliphatic carbocycles. The van der Waals surface area contributed by atoms with E-state index in [4.69, 9.17) is 9.26 Å². The summed E-state index contributed by atoms with van der Waals surface area (Å²) < 4.78 is 10.5. The van der Waals surface area contributed by atoms with Crippen LogP contribution < -0.4 is 15.4 Å². The number of hydrogen-bond acceptors (Lipinski definition) is 7. The molecule has 0 radical (unpaired) electrons. The van der Waals surface area contributed by atoms with Crippen molar-refractivity contribution in [3.63, 3.8) is 0 Å². The molecule has 0 bridgehead atoms. The molecule has 150 valence electrons. The zero-order valence-electron chi connectivity index (χ0n) is 15.7. The molecule has 2 amide bonds. The van der Waals surface area contributed by atoms with E-state index in [1.807, 2.05) is 6.07 Å². The standard InChI is InChI=1S/C20H20N4O5/c1-13(25)22-15-7-9-16(10-8-15)28-12-18-23-20(29-24-18)19(27)21-11-17(26)14-5-3-2-4-6-14/h2-10,17,26H,11-12H2,1H3,(H,21,27)(H,22,25)/t17-/m0/s1. The second kappa shape index (κ2) is 9.47. The lowest BCUT2D eigenvalue weighted by Crippen LogP contribution is -2.28. The van der Waals surface area contributed by atoms with Crippen molar-refractivity contribution in [2.75, 3.05) is 11.9 Å². The fourth-order valence-corrected chi connectivity index (χ4v) is 2.45. The minimum absolute atomic E-state index is 0.00288. The van der Waals surface area contributed by atoms with Crippen LogP contribution in [0.2, 0.25) is 0 Å². The number of aliphatic hydroxyl groups is 1. The van der Waals surface area contributed by atoms with Crippen LogP contribution in [0.3, 0.4) is 0 Å². The Morgan fingerprint density at radius 1 is 1.14 bits per heavy atom. The molecule has 9 heteroatoms. The Balaban J connectivity index is 1.48. The summed E-state index contributed by atoms with van der Waals surface area (Å²) in [7, 11) is 0. The Morgan fingerprint density at radius 2 is 1.86 bits per heavy atom. The van der Waals surface area contributed by atoms with Crippen LogP contribution in [-0.2, 0) is 11.4 Å². The molecule has 1 aromatic heterocycles. The van der Waals surface area contributed by atoms with Crippen molar-refractivity contribution in [2.45, 2.75) is 19.6 Å². The van der Waals surface area contributed by atoms with Gasteiger partial charge in [-0.3, -0.25) is 9.59 Å². The highest BCUT2D eigenvalue weighted by molar-refractivity contribution is 5.89. The first-order valence-corrected chi connectivity index (χ1v) is 8.85. The Labute approximate surface area is 166 Å². The third kappa shape index (κ3) is 5.88. The van der Waals surface area contributed by atoms with Gasteiger partial charge in [0.15, 0.2) is 6.61 Å². The predicted octanol–water partition coefficient (Wildman–Crippen LogP) is 2.07. The van der Waals surface area contributed by atoms with E-state index in [0.29, 0.717) is 17.0 Å². The topological polar surface area (TPSA) is 127 Å². The van der Waals surface area contributed by atoms with E-state index in [9.17, 15) is 14.7 Å². The van der Waals surface area contributed by atoms with E-state index in [2.05, 4.69) is 20.8 Å². The number of aliphatic hydroxyl groups excluding tert-OH is 1. The smallest absolute Gasteiger partial charge is 0.316 e. The van der Waals surface area contributed by atoms with Crippen LogP contribution in [-0.4, -0.2) is 33.6 Å². The Morgan fingerprint density at radius 3 is 2.55 bits per heavy atom. The molecule has 3 rings (SSSR count). The van der Waals surface area contributed by atoms with Crippen LogP contribution in [0.25, 0.3) is 0 Å². The fraction of sp³-hybridized carbons (Fsp3) is 0.200. The molecule has 0 aliphatic rings. The van der Waals surface area contributed by atoms with Crippen molar-refractivity contribution in [3.05, 3.63) is 71.9 Å². The first-order chi connectivity index (χ1) is 14.0. The summed E-state index contributed by atoms with van der Waals surface area (Å²) in [5.74, 6) is -0.221. The summed E-state index contributed by atoms with van der Waals surface area (Å²) in [5.41, 5.74) is 1.35. The second-order valence-electron chi connectivity index (χ2n) is 6.15. The van der Waals surface area contributed by atoms with Crippen LogP contribution in [0, 0.1) is 0 Å². The summed E-state index contributed by atoms with van der Waals surface area (Å²) in [6.45, 7) is 1.44. The molecular weight excluding hydrogens is 376 g/mol. The maximum absolute atomic E-state index is 12.1. The van der Waals surface area contributed by atoms with E-state index >= 15 is 0 Å². The average Bonchev–Trinajstić information content (AvgIpc) is 3.21. The van der Waals surface area contributed by atoms with Gasteiger partial charge >= 0.3 is 11.8 Å². The Bertz CT molecular complexity index is 957. The van der Waals surface area contributed by atoms with Gasteiger partial charge in [0.25, 0.3) is 0 Å². The summed E-state index contributed by atoms with van der Waals surface area (Å²) in [4.78, 5) is 27.1. The summed E-state index contributed by atoms with van der Waals surface area (Å²) >= 11 is 0. The van der Waals surface area contributed by atoms with Crippen molar-refractivity contribution in [2.24, 2.45) is 0 Å². The number of carbonyl (C=O) groups excluding carboxylic acids is 2. The van der Waals surface area contributed by atoms with Gasteiger partial charge in [-0.15, -0.1) is 0 Å². The fourth-order valence-electron chi connectivity index (χ4n) is 2.45. The molecule has 1 atom stereocenters. The van der Waals surface area contributed by atoms with Gasteiger partial charge in [0, 0.05) is 19.2 Å². The zero-order chi connectivity index (χ0) is 20.6. The largest absolute Gasteiger partial charge is 0.485 e. The summed E-state index contributed by atoms with van der Waals surface area (Å²) in [5, 5.41) is 19.0. The maximum Gasteiger partial charge on any atom is 0.316 e. The maximum atomic E-state index is 12.1. The van der Waals surface area contributed by atoms with E-state index in [1.54, 1.807) is 48.5 Å². The van der Waals surface area contributed by atoms with Gasteiger partial charge in [-0.2, -0.15) is 4.98 Å². The molecule has 29 heavy (non-hydrogen) atoms. The van der Waals surface area contributed by atoms with Gasteiger partial charge in [-0.25, -0.2) is 0 Å². The van der Waals surface area contributed by atoms with Gasteiger partial charge in [-0.05, 0) is 29.8 Å². The SMILES string of the molecule is CC(=O)Nc1ccc(OCc2noc(C(=O)NC[C@H](O)c3ccccc3)n2)cc1. The summed E-state index contributed by atoms with van der Waals surface area (Å²) in [6.07, 6.45) is -0.841. The van der Waals surface area contributed by atoms with Crippen molar-refractivity contribution >= 4 is 17.5 Å². The number of aromatic nitrogens is 2. The third-order valence-corrected chi connectivity index (χ3v) is 3.85. The molecule has 3 aromatic rings. The van der Waals surface area contributed by atoms with Crippen molar-refractivity contribution < 1.29 is 24.0 Å². The van der Waals surface area contributed by atoms with Gasteiger partial charge < -0.3 is 25.0 Å². The van der Waals surface area contributed by atoms with E-state index in [0.717, 1.165) is 0 Å². The van der Waals surface area contributed by atoms with Crippen molar-refractivity contribution in [3.8, 4) is 5.75 Å². The molecule has 0 aliphatic heterocycles. The van der Waals surface area contributed by atoms with Crippen LogP contribution in [0.4, 0.5) is 5.69 Å². The molecule has 0 spiro atoms. The highest BCUT2D eigenvalue weighted by Gasteiger charge is 2.17. The minimum Gasteiger partial charge on any atom is -0.485 e. The zero-order valence-corrected chi connectivity index (χ0v) is 15.7. The first-order valence-electron chi connectivity index (χ1n) is 8.85. The van der Waals surface area contributed by atoms with Crippen LogP contribution >= 0.6 is 0 Å². The molecule has 0 unspecified atom stereocenters. The van der Waals surface area contributed by atoms with Crippen molar-refractivity contribution in [1.82, 2.24) is 15.5 Å². The lowest BCUT2D eigenvalue weighted by atomic mass is 10.1. The molecule has 0 fully saturated rings. The number of ether oxygens (including phenoxy) is 1. The average molecular weight is 396 g/mol. The number of nitrogens with one attached hydrogen (secondary N) is 2. The second-order valence-corrected chi connectivity index (χ2v) is 6.15. The molecule has 0 saturated heterocycles. The first kappa shape index (κ1) is 20.0. The van der Waals surface area contributed by atoms with Gasteiger partial charge in [0.1, 0.15) is 5.75 Å². The molecule has 1 heterocycles. The normalized spacial score (nSPS) is 11.5. The molecular formula is C20H20N4O5. The van der Waals surface area contributed by atoms with Crippen molar-refractivity contribution in [1.29, 1.82) is 0 Å². The minimum atomic E-state index is -0.841. The number of hydrogen-bond donors (Lipinski definition) is 3. The number of anilines is 1. The number of carbonyl (C=O) groups is 2. The molecule has 2 aromatic carbocycles. The molecule has 0 saturated carbocycles. The lowest BCUT2D eigenvalue weighted by Gasteiger charge is -2.10. The van der Waals surface area contributed by atoms with Gasteiger partial charge in [0.05, 0.1) is 6.10 Å². The summed E-state index contributed by atoms with van der Waals surface area (Å²) in [6, 6.07) is 15.7. The number of amides is 2. The van der Waals surface area contributed by atoms with E-state index in [1.165, 1.54) is 6.92 Å². The van der Waals surface area contributed by atoms with Crippen LogP contribution in [0.15, 0.2) is 59.1 Å². The monoisotopic (exact) mass is 396 g/mol. The Kier molecular flexibility index (Phi) is 6.54. The van der Waals surface area contributed by atoms with Gasteiger partial charge in [0.2, 0.25) is 11.7 Å². The quantitative estimate of drug-likeness (QED) is 0.532. The lowest BCUT2D eigenvalue weighted by molar-refractivity contribution is -0.114. The number of benzene rings is 2. The Hall–Kier alpha value is -3.72. The van der Waals surface area contributed by atoms with E-state index < -0.39 is 12.0 Å². The van der Waals surface area contributed by atoms with Crippen LogP contribution in [0.5, 0.6) is 5.75 Å². The van der Waals surface area contributed by atoms with E-state index in [-0.39, 0.29) is 30.8 Å². The third-order valence-electron chi connectivity index (χ3n) is 3.85. The van der Waals surface area contributed by atoms with Crippen LogP contribution in [0.1, 0.15) is 35.1 Å². The van der Waals surface area contributed by atoms with Gasteiger partial charge in [-0.1, -0.05) is 35.5 Å².